The Bertz CT molecular complexity index is 601. The summed E-state index contributed by atoms with van der Waals surface area (Å²) in [4.78, 5) is 0.949. The van der Waals surface area contributed by atoms with Crippen molar-refractivity contribution in [1.29, 1.82) is 0 Å². The van der Waals surface area contributed by atoms with E-state index in [1.807, 2.05) is 0 Å². The molecular weight excluding hydrogens is 282 g/mol. The van der Waals surface area contributed by atoms with Gasteiger partial charge in [0.25, 0.3) is 0 Å². The third-order valence-electron chi connectivity index (χ3n) is 3.02. The average Bonchev–Trinajstić information content (AvgIpc) is 2.90. The van der Waals surface area contributed by atoms with Crippen LogP contribution >= 0.6 is 11.3 Å². The van der Waals surface area contributed by atoms with E-state index < -0.39 is 17.7 Å². The van der Waals surface area contributed by atoms with Crippen molar-refractivity contribution in [3.8, 4) is 11.1 Å². The summed E-state index contributed by atoms with van der Waals surface area (Å²) in [5.41, 5.74) is 12.0. The number of nitrogens with two attached hydrogens (primary N) is 2. The summed E-state index contributed by atoms with van der Waals surface area (Å²) in [7, 11) is 1.59. The number of rotatable bonds is 5. The summed E-state index contributed by atoms with van der Waals surface area (Å²) >= 11 is 1.44. The molecule has 0 aliphatic heterocycles. The van der Waals surface area contributed by atoms with Crippen LogP contribution in [0.3, 0.4) is 0 Å². The fourth-order valence-corrected chi connectivity index (χ4v) is 2.79. The van der Waals surface area contributed by atoms with E-state index in [2.05, 4.69) is 0 Å². The molecule has 2 aromatic rings. The van der Waals surface area contributed by atoms with Crippen molar-refractivity contribution in [2.24, 2.45) is 11.5 Å². The second kappa shape index (κ2) is 6.41. The summed E-state index contributed by atoms with van der Waals surface area (Å²) in [6.45, 7) is 0.511. The van der Waals surface area contributed by atoms with Gasteiger partial charge >= 0.3 is 0 Å². The molecule has 6 heteroatoms. The van der Waals surface area contributed by atoms with Gasteiger partial charge in [-0.05, 0) is 17.0 Å². The van der Waals surface area contributed by atoms with Crippen LogP contribution in [-0.2, 0) is 11.3 Å². The number of thiophene rings is 1. The lowest BCUT2D eigenvalue weighted by Crippen LogP contribution is -2.22. The largest absolute Gasteiger partial charge is 0.379 e. The summed E-state index contributed by atoms with van der Waals surface area (Å²) in [5, 5.41) is 1.77. The Morgan fingerprint density at radius 2 is 2.05 bits per heavy atom. The Labute approximate surface area is 120 Å². The predicted molar refractivity (Wildman–Crippen MR) is 76.4 cm³/mol. The van der Waals surface area contributed by atoms with Gasteiger partial charge in [-0.15, -0.1) is 11.3 Å². The summed E-state index contributed by atoms with van der Waals surface area (Å²) < 4.78 is 33.2. The molecule has 1 aromatic carbocycles. The van der Waals surface area contributed by atoms with Gasteiger partial charge in [-0.25, -0.2) is 8.78 Å². The molecular formula is C14H16F2N2OS. The zero-order valence-corrected chi connectivity index (χ0v) is 11.8. The van der Waals surface area contributed by atoms with Crippen molar-refractivity contribution in [3.05, 3.63) is 45.7 Å². The number of hydrogen-bond donors (Lipinski definition) is 2. The number of methoxy groups -OCH3 is 1. The van der Waals surface area contributed by atoms with Crippen molar-refractivity contribution in [2.45, 2.75) is 12.6 Å². The molecule has 1 atom stereocenters. The van der Waals surface area contributed by atoms with Crippen molar-refractivity contribution < 1.29 is 13.5 Å². The van der Waals surface area contributed by atoms with Crippen LogP contribution in [0.1, 0.15) is 16.5 Å². The molecule has 108 valence electrons. The fourth-order valence-electron chi connectivity index (χ4n) is 1.94. The highest BCUT2D eigenvalue weighted by molar-refractivity contribution is 7.10. The highest BCUT2D eigenvalue weighted by Crippen LogP contribution is 2.31. The maximum Gasteiger partial charge on any atom is 0.167 e. The van der Waals surface area contributed by atoms with E-state index >= 15 is 0 Å². The van der Waals surface area contributed by atoms with Crippen LogP contribution in [0.4, 0.5) is 8.78 Å². The van der Waals surface area contributed by atoms with Gasteiger partial charge in [0.05, 0.1) is 6.61 Å². The first-order chi connectivity index (χ1) is 9.58. The SMILES string of the molecule is COCc1cc(-c2ccc(C(N)CN)c(F)c2F)cs1. The van der Waals surface area contributed by atoms with Crippen molar-refractivity contribution in [3.63, 3.8) is 0 Å². The van der Waals surface area contributed by atoms with Gasteiger partial charge < -0.3 is 16.2 Å². The van der Waals surface area contributed by atoms with Crippen LogP contribution in [0.15, 0.2) is 23.6 Å². The molecule has 1 unspecified atom stereocenters. The molecule has 2 rings (SSSR count). The molecule has 0 aliphatic rings. The van der Waals surface area contributed by atoms with Gasteiger partial charge in [-0.1, -0.05) is 12.1 Å². The normalized spacial score (nSPS) is 12.7. The summed E-state index contributed by atoms with van der Waals surface area (Å²) in [5.74, 6) is -1.83. The minimum absolute atomic E-state index is 0.0617. The summed E-state index contributed by atoms with van der Waals surface area (Å²) in [6.07, 6.45) is 0. The van der Waals surface area contributed by atoms with E-state index in [4.69, 9.17) is 16.2 Å². The van der Waals surface area contributed by atoms with Crippen LogP contribution in [-0.4, -0.2) is 13.7 Å². The molecule has 0 radical (unpaired) electrons. The van der Waals surface area contributed by atoms with Crippen molar-refractivity contribution >= 4 is 11.3 Å². The lowest BCUT2D eigenvalue weighted by atomic mass is 10.0. The molecule has 0 aliphatic carbocycles. The smallest absolute Gasteiger partial charge is 0.167 e. The average molecular weight is 298 g/mol. The van der Waals surface area contributed by atoms with E-state index in [1.54, 1.807) is 18.6 Å². The van der Waals surface area contributed by atoms with Gasteiger partial charge in [0.2, 0.25) is 0 Å². The molecule has 0 bridgehead atoms. The molecule has 0 amide bonds. The van der Waals surface area contributed by atoms with Gasteiger partial charge in [0.1, 0.15) is 0 Å². The Kier molecular flexibility index (Phi) is 4.82. The topological polar surface area (TPSA) is 61.3 Å². The second-order valence-corrected chi connectivity index (χ2v) is 5.40. The van der Waals surface area contributed by atoms with Crippen LogP contribution in [0, 0.1) is 11.6 Å². The Morgan fingerprint density at radius 1 is 1.30 bits per heavy atom. The van der Waals surface area contributed by atoms with Crippen LogP contribution in [0.25, 0.3) is 11.1 Å². The van der Waals surface area contributed by atoms with Crippen molar-refractivity contribution in [1.82, 2.24) is 0 Å². The minimum atomic E-state index is -0.931. The zero-order valence-electron chi connectivity index (χ0n) is 11.0. The zero-order chi connectivity index (χ0) is 14.7. The van der Waals surface area contributed by atoms with E-state index in [-0.39, 0.29) is 17.7 Å². The molecule has 20 heavy (non-hydrogen) atoms. The molecule has 0 saturated heterocycles. The second-order valence-electron chi connectivity index (χ2n) is 4.41. The molecule has 1 heterocycles. The molecule has 0 spiro atoms. The quantitative estimate of drug-likeness (QED) is 0.892. The van der Waals surface area contributed by atoms with E-state index in [0.717, 1.165) is 4.88 Å². The molecule has 1 aromatic heterocycles. The maximum absolute atomic E-state index is 14.1. The Balaban J connectivity index is 2.40. The lowest BCUT2D eigenvalue weighted by Gasteiger charge is -2.12. The van der Waals surface area contributed by atoms with Crippen LogP contribution in [0.5, 0.6) is 0 Å². The third-order valence-corrected chi connectivity index (χ3v) is 3.93. The van der Waals surface area contributed by atoms with Gasteiger partial charge in [0.15, 0.2) is 11.6 Å². The van der Waals surface area contributed by atoms with E-state index in [0.29, 0.717) is 12.2 Å². The Morgan fingerprint density at radius 3 is 2.70 bits per heavy atom. The van der Waals surface area contributed by atoms with Crippen molar-refractivity contribution in [2.75, 3.05) is 13.7 Å². The molecule has 0 saturated carbocycles. The molecule has 3 nitrogen and oxygen atoms in total. The lowest BCUT2D eigenvalue weighted by molar-refractivity contribution is 0.187. The minimum Gasteiger partial charge on any atom is -0.379 e. The predicted octanol–water partition coefficient (Wildman–Crippen LogP) is 2.80. The first kappa shape index (κ1) is 15.1. The Hall–Kier alpha value is -1.34. The van der Waals surface area contributed by atoms with E-state index in [9.17, 15) is 8.78 Å². The maximum atomic E-state index is 14.1. The number of benzene rings is 1. The number of ether oxygens (including phenoxy) is 1. The number of halogens is 2. The first-order valence-electron chi connectivity index (χ1n) is 6.08. The standard InChI is InChI=1S/C14H16F2N2OS/c1-19-6-9-4-8(7-20-9)10-2-3-11(12(18)5-17)14(16)13(10)15/h2-4,7,12H,5-6,17-18H2,1H3. The molecule has 4 N–H and O–H groups in total. The fraction of sp³-hybridized carbons (Fsp3) is 0.286. The highest BCUT2D eigenvalue weighted by atomic mass is 32.1. The number of hydrogen-bond acceptors (Lipinski definition) is 4. The monoisotopic (exact) mass is 298 g/mol. The van der Waals surface area contributed by atoms with E-state index in [1.165, 1.54) is 23.5 Å². The summed E-state index contributed by atoms with van der Waals surface area (Å²) in [6, 6.07) is 4.10. The van der Waals surface area contributed by atoms with Gasteiger partial charge in [-0.2, -0.15) is 0 Å². The van der Waals surface area contributed by atoms with Crippen LogP contribution < -0.4 is 11.5 Å². The highest BCUT2D eigenvalue weighted by Gasteiger charge is 2.18. The first-order valence-corrected chi connectivity index (χ1v) is 6.96. The third kappa shape index (κ3) is 2.88. The van der Waals surface area contributed by atoms with Gasteiger partial charge in [0, 0.05) is 35.7 Å². The van der Waals surface area contributed by atoms with Gasteiger partial charge in [-0.3, -0.25) is 0 Å². The van der Waals surface area contributed by atoms with Crippen LogP contribution in [0.2, 0.25) is 0 Å². The molecule has 0 fully saturated rings.